The smallest absolute Gasteiger partial charge is 0.161 e. The molecule has 2 aromatic carbocycles. The molecule has 0 fully saturated rings. The van der Waals surface area contributed by atoms with Gasteiger partial charge in [-0.1, -0.05) is 36.4 Å². The third-order valence-corrected chi connectivity index (χ3v) is 5.11. The molecule has 0 aliphatic carbocycles. The molecule has 2 aromatic rings. The second-order valence-electron chi connectivity index (χ2n) is 7.90. The van der Waals surface area contributed by atoms with Gasteiger partial charge in [0.15, 0.2) is 11.5 Å². The predicted octanol–water partition coefficient (Wildman–Crippen LogP) is 2.77. The highest BCUT2D eigenvalue weighted by Gasteiger charge is 2.14. The average molecular weight is 417 g/mol. The Labute approximate surface area is 180 Å². The summed E-state index contributed by atoms with van der Waals surface area (Å²) >= 11 is 0. The van der Waals surface area contributed by atoms with E-state index in [1.807, 2.05) is 43.4 Å². The van der Waals surface area contributed by atoms with Crippen LogP contribution in [0.1, 0.15) is 25.0 Å². The summed E-state index contributed by atoms with van der Waals surface area (Å²) in [5.41, 5.74) is 2.26. The lowest BCUT2D eigenvalue weighted by molar-refractivity contribution is 0.0667. The van der Waals surface area contributed by atoms with Gasteiger partial charge in [-0.3, -0.25) is 4.90 Å². The molecule has 30 heavy (non-hydrogen) atoms. The lowest BCUT2D eigenvalue weighted by Crippen LogP contribution is -2.37. The zero-order valence-corrected chi connectivity index (χ0v) is 18.6. The second-order valence-corrected chi connectivity index (χ2v) is 7.90. The van der Waals surface area contributed by atoms with Gasteiger partial charge in [0.2, 0.25) is 0 Å². The number of hydrogen-bond donors (Lipinski definition) is 2. The first-order valence-electron chi connectivity index (χ1n) is 10.5. The minimum Gasteiger partial charge on any atom is -0.493 e. The summed E-state index contributed by atoms with van der Waals surface area (Å²) in [6, 6.07) is 16.4. The molecule has 2 N–H and O–H groups in total. The van der Waals surface area contributed by atoms with E-state index in [1.165, 1.54) is 5.56 Å². The molecule has 0 heterocycles. The van der Waals surface area contributed by atoms with Gasteiger partial charge in [-0.15, -0.1) is 0 Å². The maximum Gasteiger partial charge on any atom is 0.161 e. The molecule has 0 radical (unpaired) electrons. The molecule has 0 amide bonds. The molecule has 0 saturated carbocycles. The second kappa shape index (κ2) is 12.5. The molecule has 6 heteroatoms. The number of ether oxygens (including phenoxy) is 2. The summed E-state index contributed by atoms with van der Waals surface area (Å²) in [5.74, 6) is 1.25. The number of hydrogen-bond acceptors (Lipinski definition) is 6. The van der Waals surface area contributed by atoms with E-state index in [9.17, 15) is 10.2 Å². The van der Waals surface area contributed by atoms with Crippen molar-refractivity contribution in [3.63, 3.8) is 0 Å². The Balaban J connectivity index is 2.04. The molecule has 0 aliphatic heterocycles. The van der Waals surface area contributed by atoms with Gasteiger partial charge in [0.1, 0.15) is 12.7 Å². The van der Waals surface area contributed by atoms with Crippen LogP contribution in [0.4, 0.5) is 0 Å². The fourth-order valence-corrected chi connectivity index (χ4v) is 3.17. The normalized spacial score (nSPS) is 12.6. The molecule has 0 aliphatic rings. The SMILES string of the molecule is COc1ccc(CN(CCO)Cc2ccccc2)cc1OC[C@H](O)CN(C)C(C)C. The highest BCUT2D eigenvalue weighted by molar-refractivity contribution is 5.43. The van der Waals surface area contributed by atoms with Crippen molar-refractivity contribution in [2.45, 2.75) is 39.1 Å². The van der Waals surface area contributed by atoms with Crippen molar-refractivity contribution in [3.05, 3.63) is 59.7 Å². The summed E-state index contributed by atoms with van der Waals surface area (Å²) in [4.78, 5) is 4.27. The number of methoxy groups -OCH3 is 1. The molecular formula is C24H36N2O4. The van der Waals surface area contributed by atoms with E-state index in [-0.39, 0.29) is 13.2 Å². The Hall–Kier alpha value is -2.12. The standard InChI is InChI=1S/C24H36N2O4/c1-19(2)25(3)17-22(28)18-30-24-14-21(10-11-23(24)29-4)16-26(12-13-27)15-20-8-6-5-7-9-20/h5-11,14,19,22,27-28H,12-13,15-18H2,1-4H3/t22-/m1/s1. The monoisotopic (exact) mass is 416 g/mol. The Kier molecular flexibility index (Phi) is 10.1. The van der Waals surface area contributed by atoms with Crippen LogP contribution in [0.25, 0.3) is 0 Å². The molecule has 1 atom stereocenters. The Morgan fingerprint density at radius 2 is 1.67 bits per heavy atom. The summed E-state index contributed by atoms with van der Waals surface area (Å²) in [7, 11) is 3.59. The van der Waals surface area contributed by atoms with Crippen molar-refractivity contribution in [1.29, 1.82) is 0 Å². The van der Waals surface area contributed by atoms with Crippen LogP contribution in [-0.4, -0.2) is 72.6 Å². The molecule has 166 valence electrons. The van der Waals surface area contributed by atoms with Crippen LogP contribution < -0.4 is 9.47 Å². The van der Waals surface area contributed by atoms with Crippen LogP contribution in [0.3, 0.4) is 0 Å². The fourth-order valence-electron chi connectivity index (χ4n) is 3.17. The van der Waals surface area contributed by atoms with Crippen LogP contribution in [0.15, 0.2) is 48.5 Å². The largest absolute Gasteiger partial charge is 0.493 e. The zero-order chi connectivity index (χ0) is 21.9. The molecule has 2 rings (SSSR count). The first kappa shape index (κ1) is 24.2. The number of rotatable bonds is 13. The van der Waals surface area contributed by atoms with Gasteiger partial charge < -0.3 is 24.6 Å². The van der Waals surface area contributed by atoms with Crippen LogP contribution in [0, 0.1) is 0 Å². The minimum atomic E-state index is -0.588. The van der Waals surface area contributed by atoms with Crippen LogP contribution in [0.2, 0.25) is 0 Å². The summed E-state index contributed by atoms with van der Waals surface area (Å²) in [6.45, 7) is 7.03. The number of aliphatic hydroxyl groups excluding tert-OH is 2. The molecule has 0 aromatic heterocycles. The van der Waals surface area contributed by atoms with E-state index < -0.39 is 6.10 Å². The number of likely N-dealkylation sites (N-methyl/N-ethyl adjacent to an activating group) is 1. The van der Waals surface area contributed by atoms with E-state index in [0.29, 0.717) is 37.2 Å². The maximum atomic E-state index is 10.3. The van der Waals surface area contributed by atoms with Crippen LogP contribution >= 0.6 is 0 Å². The van der Waals surface area contributed by atoms with E-state index in [4.69, 9.17) is 9.47 Å². The van der Waals surface area contributed by atoms with Gasteiger partial charge >= 0.3 is 0 Å². The van der Waals surface area contributed by atoms with Crippen molar-refractivity contribution in [1.82, 2.24) is 9.80 Å². The van der Waals surface area contributed by atoms with Crippen molar-refractivity contribution in [3.8, 4) is 11.5 Å². The summed E-state index contributed by atoms with van der Waals surface area (Å²) < 4.78 is 11.3. The van der Waals surface area contributed by atoms with E-state index in [0.717, 1.165) is 12.1 Å². The molecule has 0 bridgehead atoms. The van der Waals surface area contributed by atoms with Gasteiger partial charge in [-0.2, -0.15) is 0 Å². The zero-order valence-electron chi connectivity index (χ0n) is 18.6. The third kappa shape index (κ3) is 7.95. The maximum absolute atomic E-state index is 10.3. The summed E-state index contributed by atoms with van der Waals surface area (Å²) in [6.07, 6.45) is -0.588. The van der Waals surface area contributed by atoms with Crippen molar-refractivity contribution >= 4 is 0 Å². The lowest BCUT2D eigenvalue weighted by atomic mass is 10.1. The van der Waals surface area contributed by atoms with E-state index in [2.05, 4.69) is 35.8 Å². The van der Waals surface area contributed by atoms with Crippen LogP contribution in [-0.2, 0) is 13.1 Å². The highest BCUT2D eigenvalue weighted by Crippen LogP contribution is 2.29. The number of nitrogens with zero attached hydrogens (tertiary/aromatic N) is 2. The first-order chi connectivity index (χ1) is 14.4. The lowest BCUT2D eigenvalue weighted by Gasteiger charge is -2.25. The topological polar surface area (TPSA) is 65.4 Å². The van der Waals surface area contributed by atoms with Crippen molar-refractivity contribution in [2.75, 3.05) is 40.5 Å². The number of aliphatic hydroxyl groups is 2. The van der Waals surface area contributed by atoms with E-state index >= 15 is 0 Å². The Bertz CT molecular complexity index is 739. The minimum absolute atomic E-state index is 0.0991. The molecule has 0 saturated heterocycles. The fraction of sp³-hybridized carbons (Fsp3) is 0.500. The van der Waals surface area contributed by atoms with Crippen molar-refractivity contribution in [2.24, 2.45) is 0 Å². The van der Waals surface area contributed by atoms with Gasteiger partial charge in [0.25, 0.3) is 0 Å². The summed E-state index contributed by atoms with van der Waals surface area (Å²) in [5, 5.41) is 19.8. The Morgan fingerprint density at radius 3 is 2.30 bits per heavy atom. The van der Waals surface area contributed by atoms with E-state index in [1.54, 1.807) is 7.11 Å². The van der Waals surface area contributed by atoms with Gasteiger partial charge in [0.05, 0.1) is 13.7 Å². The molecule has 0 spiro atoms. The van der Waals surface area contributed by atoms with Gasteiger partial charge in [-0.25, -0.2) is 0 Å². The Morgan fingerprint density at radius 1 is 0.967 bits per heavy atom. The predicted molar refractivity (Wildman–Crippen MR) is 120 cm³/mol. The third-order valence-electron chi connectivity index (χ3n) is 5.11. The highest BCUT2D eigenvalue weighted by atomic mass is 16.5. The molecular weight excluding hydrogens is 380 g/mol. The van der Waals surface area contributed by atoms with Gasteiger partial charge in [-0.05, 0) is 44.2 Å². The molecule has 0 unspecified atom stereocenters. The quantitative estimate of drug-likeness (QED) is 0.524. The van der Waals surface area contributed by atoms with Crippen LogP contribution in [0.5, 0.6) is 11.5 Å². The first-order valence-corrected chi connectivity index (χ1v) is 10.5. The van der Waals surface area contributed by atoms with Crippen molar-refractivity contribution < 1.29 is 19.7 Å². The van der Waals surface area contributed by atoms with Gasteiger partial charge in [0, 0.05) is 32.2 Å². The average Bonchev–Trinajstić information content (AvgIpc) is 2.73. The number of benzene rings is 2. The molecule has 6 nitrogen and oxygen atoms in total.